The van der Waals surface area contributed by atoms with E-state index in [9.17, 15) is 9.90 Å². The highest BCUT2D eigenvalue weighted by atomic mass is 79.9. The van der Waals surface area contributed by atoms with E-state index < -0.39 is 5.97 Å². The third-order valence-corrected chi connectivity index (χ3v) is 4.96. The van der Waals surface area contributed by atoms with Crippen LogP contribution in [0.5, 0.6) is 0 Å². The van der Waals surface area contributed by atoms with Crippen molar-refractivity contribution in [2.45, 2.75) is 32.8 Å². The van der Waals surface area contributed by atoms with Gasteiger partial charge in [-0.2, -0.15) is 0 Å². The van der Waals surface area contributed by atoms with Crippen molar-refractivity contribution in [3.05, 3.63) is 0 Å². The summed E-state index contributed by atoms with van der Waals surface area (Å²) in [5.74, 6) is -1.07. The van der Waals surface area contributed by atoms with Crippen LogP contribution in [0.3, 0.4) is 0 Å². The lowest BCUT2D eigenvalue weighted by molar-refractivity contribution is -0.152. The fourth-order valence-corrected chi connectivity index (χ4v) is 3.20. The monoisotopic (exact) mass is 264 g/mol. The quantitative estimate of drug-likeness (QED) is 0.749. The van der Waals surface area contributed by atoms with Crippen molar-refractivity contribution >= 4 is 21.9 Å². The zero-order chi connectivity index (χ0) is 10.9. The maximum Gasteiger partial charge on any atom is 0.307 e. The number of aliphatic carboxylic acids is 1. The lowest BCUT2D eigenvalue weighted by Gasteiger charge is -2.45. The molecule has 0 aromatic heterocycles. The summed E-state index contributed by atoms with van der Waals surface area (Å²) >= 11 is 3.37. The summed E-state index contributed by atoms with van der Waals surface area (Å²) in [6, 6.07) is 0. The molecule has 4 heteroatoms. The summed E-state index contributed by atoms with van der Waals surface area (Å²) in [7, 11) is 0. The topological polar surface area (TPSA) is 57.5 Å². The molecule has 3 nitrogen and oxygen atoms in total. The molecule has 1 aliphatic rings. The van der Waals surface area contributed by atoms with E-state index >= 15 is 0 Å². The van der Waals surface area contributed by atoms with Gasteiger partial charge >= 0.3 is 5.97 Å². The van der Waals surface area contributed by atoms with Crippen LogP contribution in [-0.4, -0.2) is 27.6 Å². The van der Waals surface area contributed by atoms with Crippen molar-refractivity contribution in [2.75, 3.05) is 5.33 Å². The van der Waals surface area contributed by atoms with Crippen LogP contribution in [0, 0.1) is 17.3 Å². The van der Waals surface area contributed by atoms with Crippen LogP contribution in [0.2, 0.25) is 0 Å². The number of hydrogen-bond donors (Lipinski definition) is 2. The molecule has 4 unspecified atom stereocenters. The van der Waals surface area contributed by atoms with E-state index in [4.69, 9.17) is 5.11 Å². The molecule has 0 saturated heterocycles. The van der Waals surface area contributed by atoms with Crippen molar-refractivity contribution in [3.63, 3.8) is 0 Å². The van der Waals surface area contributed by atoms with Gasteiger partial charge in [-0.3, -0.25) is 4.79 Å². The first-order valence-corrected chi connectivity index (χ1v) is 6.02. The molecule has 1 rings (SSSR count). The number of alkyl halides is 1. The van der Waals surface area contributed by atoms with Crippen LogP contribution in [0.15, 0.2) is 0 Å². The summed E-state index contributed by atoms with van der Waals surface area (Å²) < 4.78 is 0. The van der Waals surface area contributed by atoms with Gasteiger partial charge in [0.2, 0.25) is 0 Å². The molecule has 4 atom stereocenters. The normalized spacial score (nSPS) is 43.6. The third kappa shape index (κ3) is 1.82. The molecule has 1 saturated carbocycles. The first-order valence-electron chi connectivity index (χ1n) is 4.90. The van der Waals surface area contributed by atoms with Crippen LogP contribution in [0.1, 0.15) is 26.7 Å². The molecule has 0 aromatic rings. The highest BCUT2D eigenvalue weighted by Crippen LogP contribution is 2.46. The predicted molar refractivity (Wildman–Crippen MR) is 57.4 cm³/mol. The van der Waals surface area contributed by atoms with E-state index in [1.165, 1.54) is 0 Å². The lowest BCUT2D eigenvalue weighted by Crippen LogP contribution is -2.48. The van der Waals surface area contributed by atoms with Gasteiger partial charge in [0.15, 0.2) is 0 Å². The Kier molecular flexibility index (Phi) is 3.58. The second-order valence-electron chi connectivity index (χ2n) is 4.46. The number of aliphatic hydroxyl groups excluding tert-OH is 1. The van der Waals surface area contributed by atoms with E-state index in [0.717, 1.165) is 0 Å². The van der Waals surface area contributed by atoms with Crippen LogP contribution in [0.4, 0.5) is 0 Å². The number of rotatable bonds is 2. The molecule has 0 heterocycles. The van der Waals surface area contributed by atoms with E-state index in [0.29, 0.717) is 18.2 Å². The Labute approximate surface area is 92.6 Å². The van der Waals surface area contributed by atoms with Gasteiger partial charge in [0.05, 0.1) is 12.0 Å². The Morgan fingerprint density at radius 3 is 2.57 bits per heavy atom. The molecule has 0 radical (unpaired) electrons. The second-order valence-corrected chi connectivity index (χ2v) is 5.02. The Morgan fingerprint density at radius 1 is 1.57 bits per heavy atom. The van der Waals surface area contributed by atoms with Crippen LogP contribution in [-0.2, 0) is 4.79 Å². The van der Waals surface area contributed by atoms with Gasteiger partial charge in [0.1, 0.15) is 0 Å². The number of aliphatic hydroxyl groups is 1. The summed E-state index contributed by atoms with van der Waals surface area (Å²) in [6.45, 7) is 3.87. The van der Waals surface area contributed by atoms with Crippen molar-refractivity contribution in [1.82, 2.24) is 0 Å². The largest absolute Gasteiger partial charge is 0.481 e. The zero-order valence-electron chi connectivity index (χ0n) is 8.53. The smallest absolute Gasteiger partial charge is 0.307 e. The Balaban J connectivity index is 2.93. The number of halogens is 1. The third-order valence-electron chi connectivity index (χ3n) is 3.75. The number of hydrogen-bond acceptors (Lipinski definition) is 2. The van der Waals surface area contributed by atoms with Crippen LogP contribution in [0.25, 0.3) is 0 Å². The van der Waals surface area contributed by atoms with Gasteiger partial charge in [0.25, 0.3) is 0 Å². The average molecular weight is 265 g/mol. The minimum absolute atomic E-state index is 0.0247. The van der Waals surface area contributed by atoms with Crippen LogP contribution >= 0.6 is 15.9 Å². The molecule has 0 aliphatic heterocycles. The molecule has 0 aromatic carbocycles. The van der Waals surface area contributed by atoms with Crippen molar-refractivity contribution < 1.29 is 15.0 Å². The number of carboxylic acid groups (broad SMARTS) is 1. The van der Waals surface area contributed by atoms with Gasteiger partial charge < -0.3 is 10.2 Å². The molecular formula is C10H17BrO3. The average Bonchev–Trinajstić information content (AvgIpc) is 2.13. The van der Waals surface area contributed by atoms with Gasteiger partial charge in [-0.15, -0.1) is 0 Å². The van der Waals surface area contributed by atoms with E-state index in [2.05, 4.69) is 15.9 Å². The van der Waals surface area contributed by atoms with E-state index in [1.807, 2.05) is 13.8 Å². The summed E-state index contributed by atoms with van der Waals surface area (Å²) in [5.41, 5.74) is -0.344. The first-order chi connectivity index (χ1) is 6.43. The second kappa shape index (κ2) is 4.19. The van der Waals surface area contributed by atoms with Gasteiger partial charge in [-0.25, -0.2) is 0 Å². The van der Waals surface area contributed by atoms with Crippen molar-refractivity contribution in [3.8, 4) is 0 Å². The summed E-state index contributed by atoms with van der Waals surface area (Å²) in [5, 5.41) is 19.5. The first kappa shape index (κ1) is 12.0. The SMILES string of the molecule is CC1C(O)CCC(C(=O)O)C1(C)CBr. The number of carboxylic acids is 1. The molecule has 82 valence electrons. The molecule has 14 heavy (non-hydrogen) atoms. The fraction of sp³-hybridized carbons (Fsp3) is 0.900. The molecule has 0 spiro atoms. The minimum Gasteiger partial charge on any atom is -0.481 e. The van der Waals surface area contributed by atoms with Crippen LogP contribution < -0.4 is 0 Å². The highest BCUT2D eigenvalue weighted by Gasteiger charge is 2.48. The van der Waals surface area contributed by atoms with Gasteiger partial charge in [0, 0.05) is 5.33 Å². The molecular weight excluding hydrogens is 248 g/mol. The highest BCUT2D eigenvalue weighted by molar-refractivity contribution is 9.09. The van der Waals surface area contributed by atoms with E-state index in [-0.39, 0.29) is 23.4 Å². The van der Waals surface area contributed by atoms with E-state index in [1.54, 1.807) is 0 Å². The predicted octanol–water partition coefficient (Wildman–Crippen LogP) is 1.88. The molecule has 0 amide bonds. The maximum absolute atomic E-state index is 11.1. The Bertz CT molecular complexity index is 231. The summed E-state index contributed by atoms with van der Waals surface area (Å²) in [6.07, 6.45) is 0.803. The zero-order valence-corrected chi connectivity index (χ0v) is 10.1. The van der Waals surface area contributed by atoms with Gasteiger partial charge in [-0.1, -0.05) is 29.8 Å². The Hall–Kier alpha value is -0.0900. The standard InChI is InChI=1S/C10H17BrO3/c1-6-8(12)4-3-7(9(13)14)10(6,2)5-11/h6-8,12H,3-5H2,1-2H3,(H,13,14). The molecule has 1 fully saturated rings. The summed E-state index contributed by atoms with van der Waals surface area (Å²) in [4.78, 5) is 11.1. The maximum atomic E-state index is 11.1. The van der Waals surface area contributed by atoms with Crippen molar-refractivity contribution in [1.29, 1.82) is 0 Å². The number of carbonyl (C=O) groups is 1. The molecule has 0 bridgehead atoms. The molecule has 2 N–H and O–H groups in total. The van der Waals surface area contributed by atoms with Gasteiger partial charge in [-0.05, 0) is 24.2 Å². The fourth-order valence-electron chi connectivity index (χ4n) is 2.29. The lowest BCUT2D eigenvalue weighted by atomic mass is 9.62. The van der Waals surface area contributed by atoms with Crippen molar-refractivity contribution in [2.24, 2.45) is 17.3 Å². The Morgan fingerprint density at radius 2 is 2.14 bits per heavy atom. The minimum atomic E-state index is -0.745. The molecule has 1 aliphatic carbocycles.